The Morgan fingerprint density at radius 1 is 1.29 bits per heavy atom. The summed E-state index contributed by atoms with van der Waals surface area (Å²) < 4.78 is 0. The molecule has 1 rings (SSSR count). The largest absolute Gasteiger partial charge is 0.388 e. The first-order chi connectivity index (χ1) is 6.75. The zero-order valence-electron chi connectivity index (χ0n) is 8.91. The molecule has 1 N–H and O–H groups in total. The molecule has 0 aromatic carbocycles. The molecular formula is C12H20O2. The molecule has 0 amide bonds. The molecule has 80 valence electrons. The summed E-state index contributed by atoms with van der Waals surface area (Å²) in [6.45, 7) is 2.19. The van der Waals surface area contributed by atoms with Crippen molar-refractivity contribution in [1.82, 2.24) is 0 Å². The van der Waals surface area contributed by atoms with Crippen molar-refractivity contribution in [3.63, 3.8) is 0 Å². The molecule has 2 atom stereocenters. The first kappa shape index (κ1) is 11.4. The van der Waals surface area contributed by atoms with Gasteiger partial charge in [0.05, 0.1) is 12.0 Å². The Bertz CT molecular complexity index is 208. The second-order valence-electron chi connectivity index (χ2n) is 4.06. The van der Waals surface area contributed by atoms with E-state index >= 15 is 0 Å². The molecule has 0 fully saturated rings. The highest BCUT2D eigenvalue weighted by Gasteiger charge is 2.27. The molecule has 0 radical (unpaired) electrons. The van der Waals surface area contributed by atoms with Gasteiger partial charge in [-0.05, 0) is 12.5 Å². The van der Waals surface area contributed by atoms with E-state index in [9.17, 15) is 9.90 Å². The minimum Gasteiger partial charge on any atom is -0.388 e. The van der Waals surface area contributed by atoms with Crippen LogP contribution in [0.15, 0.2) is 12.2 Å². The Balaban J connectivity index is 2.10. The normalized spacial score (nSPS) is 26.0. The highest BCUT2D eigenvalue weighted by atomic mass is 16.3. The maximum absolute atomic E-state index is 11.3. The predicted molar refractivity (Wildman–Crippen MR) is 57.0 cm³/mol. The average molecular weight is 196 g/mol. The Labute approximate surface area is 86.0 Å². The number of hydrogen-bond donors (Lipinski definition) is 1. The van der Waals surface area contributed by atoms with Crippen molar-refractivity contribution in [3.8, 4) is 0 Å². The molecule has 0 saturated carbocycles. The van der Waals surface area contributed by atoms with Crippen LogP contribution in [0.1, 0.15) is 45.4 Å². The molecule has 1 aliphatic carbocycles. The van der Waals surface area contributed by atoms with Crippen LogP contribution in [0, 0.1) is 5.92 Å². The number of carbonyl (C=O) groups excluding carboxylic acids is 1. The lowest BCUT2D eigenvalue weighted by Crippen LogP contribution is -2.19. The molecule has 14 heavy (non-hydrogen) atoms. The summed E-state index contributed by atoms with van der Waals surface area (Å²) in [4.78, 5) is 11.3. The standard InChI is InChI=1S/C12H20O2/c1-2-3-4-5-6-7-10-11(13)8-9-12(10)14/h8-11,13H,2-7H2,1H3/t10-,11+/m0/s1. The minimum atomic E-state index is -0.520. The third kappa shape index (κ3) is 3.26. The van der Waals surface area contributed by atoms with Crippen LogP contribution in [0.25, 0.3) is 0 Å². The molecule has 0 unspecified atom stereocenters. The number of unbranched alkanes of at least 4 members (excludes halogenated alkanes) is 4. The van der Waals surface area contributed by atoms with Gasteiger partial charge in [-0.1, -0.05) is 45.1 Å². The van der Waals surface area contributed by atoms with E-state index in [1.165, 1.54) is 31.8 Å². The van der Waals surface area contributed by atoms with E-state index in [1.807, 2.05) is 0 Å². The van der Waals surface area contributed by atoms with Gasteiger partial charge < -0.3 is 5.11 Å². The van der Waals surface area contributed by atoms with Crippen molar-refractivity contribution < 1.29 is 9.90 Å². The van der Waals surface area contributed by atoms with Gasteiger partial charge in [0, 0.05) is 0 Å². The molecule has 0 heterocycles. The molecule has 2 heteroatoms. The number of ketones is 1. The topological polar surface area (TPSA) is 37.3 Å². The second kappa shape index (κ2) is 5.97. The quantitative estimate of drug-likeness (QED) is 0.663. The fourth-order valence-corrected chi connectivity index (χ4v) is 1.90. The molecular weight excluding hydrogens is 176 g/mol. The molecule has 1 aliphatic rings. The molecule has 2 nitrogen and oxygen atoms in total. The number of aliphatic hydroxyl groups excluding tert-OH is 1. The van der Waals surface area contributed by atoms with Gasteiger partial charge in [-0.15, -0.1) is 0 Å². The van der Waals surface area contributed by atoms with Crippen LogP contribution in [0.4, 0.5) is 0 Å². The van der Waals surface area contributed by atoms with Gasteiger partial charge in [-0.25, -0.2) is 0 Å². The summed E-state index contributed by atoms with van der Waals surface area (Å²) in [5.41, 5.74) is 0. The Kier molecular flexibility index (Phi) is 4.88. The first-order valence-corrected chi connectivity index (χ1v) is 5.66. The van der Waals surface area contributed by atoms with Crippen molar-refractivity contribution >= 4 is 5.78 Å². The fraction of sp³-hybridized carbons (Fsp3) is 0.750. The van der Waals surface area contributed by atoms with E-state index in [0.717, 1.165) is 12.8 Å². The van der Waals surface area contributed by atoms with Crippen LogP contribution in [-0.4, -0.2) is 17.0 Å². The van der Waals surface area contributed by atoms with Crippen LogP contribution in [0.5, 0.6) is 0 Å². The molecule has 0 aliphatic heterocycles. The summed E-state index contributed by atoms with van der Waals surface area (Å²) >= 11 is 0. The van der Waals surface area contributed by atoms with Crippen LogP contribution in [0.2, 0.25) is 0 Å². The van der Waals surface area contributed by atoms with E-state index < -0.39 is 6.10 Å². The van der Waals surface area contributed by atoms with Gasteiger partial charge in [0.15, 0.2) is 5.78 Å². The maximum atomic E-state index is 11.3. The van der Waals surface area contributed by atoms with E-state index in [0.29, 0.717) is 0 Å². The third-order valence-corrected chi connectivity index (χ3v) is 2.85. The van der Waals surface area contributed by atoms with Gasteiger partial charge in [0.1, 0.15) is 0 Å². The van der Waals surface area contributed by atoms with E-state index in [4.69, 9.17) is 0 Å². The Morgan fingerprint density at radius 2 is 2.00 bits per heavy atom. The van der Waals surface area contributed by atoms with Crippen molar-refractivity contribution in [2.24, 2.45) is 5.92 Å². The number of allylic oxidation sites excluding steroid dienone is 1. The lowest BCUT2D eigenvalue weighted by atomic mass is 9.96. The van der Waals surface area contributed by atoms with Gasteiger partial charge in [0.2, 0.25) is 0 Å². The zero-order valence-corrected chi connectivity index (χ0v) is 8.91. The highest BCUT2D eigenvalue weighted by Crippen LogP contribution is 2.21. The average Bonchev–Trinajstić information content (AvgIpc) is 2.48. The molecule has 0 saturated heterocycles. The SMILES string of the molecule is CCCCCCC[C@@H]1C(=O)C=C[C@H]1O. The van der Waals surface area contributed by atoms with Crippen LogP contribution in [0.3, 0.4) is 0 Å². The first-order valence-electron chi connectivity index (χ1n) is 5.66. The van der Waals surface area contributed by atoms with E-state index in [1.54, 1.807) is 6.08 Å². The minimum absolute atomic E-state index is 0.105. The summed E-state index contributed by atoms with van der Waals surface area (Å²) in [7, 11) is 0. The lowest BCUT2D eigenvalue weighted by molar-refractivity contribution is -0.119. The number of rotatable bonds is 6. The fourth-order valence-electron chi connectivity index (χ4n) is 1.90. The summed E-state index contributed by atoms with van der Waals surface area (Å²) in [6, 6.07) is 0. The van der Waals surface area contributed by atoms with E-state index in [2.05, 4.69) is 6.92 Å². The van der Waals surface area contributed by atoms with Crippen molar-refractivity contribution in [1.29, 1.82) is 0 Å². The summed E-state index contributed by atoms with van der Waals surface area (Å²) in [6.07, 6.45) is 9.47. The van der Waals surface area contributed by atoms with Gasteiger partial charge in [0.25, 0.3) is 0 Å². The van der Waals surface area contributed by atoms with E-state index in [-0.39, 0.29) is 11.7 Å². The molecule has 0 bridgehead atoms. The Hall–Kier alpha value is -0.630. The number of carbonyl (C=O) groups is 1. The monoisotopic (exact) mass is 196 g/mol. The zero-order chi connectivity index (χ0) is 10.4. The maximum Gasteiger partial charge on any atom is 0.161 e. The van der Waals surface area contributed by atoms with Crippen LogP contribution >= 0.6 is 0 Å². The Morgan fingerprint density at radius 3 is 2.57 bits per heavy atom. The molecule has 0 aromatic heterocycles. The van der Waals surface area contributed by atoms with Crippen LogP contribution < -0.4 is 0 Å². The number of hydrogen-bond acceptors (Lipinski definition) is 2. The van der Waals surface area contributed by atoms with Crippen molar-refractivity contribution in [2.45, 2.75) is 51.6 Å². The third-order valence-electron chi connectivity index (χ3n) is 2.85. The van der Waals surface area contributed by atoms with Crippen molar-refractivity contribution in [3.05, 3.63) is 12.2 Å². The van der Waals surface area contributed by atoms with Crippen LogP contribution in [-0.2, 0) is 4.79 Å². The van der Waals surface area contributed by atoms with Gasteiger partial charge >= 0.3 is 0 Å². The highest BCUT2D eigenvalue weighted by molar-refractivity contribution is 5.94. The molecule has 0 spiro atoms. The van der Waals surface area contributed by atoms with Gasteiger partial charge in [-0.3, -0.25) is 4.79 Å². The predicted octanol–water partition coefficient (Wildman–Crippen LogP) is 2.46. The second-order valence-corrected chi connectivity index (χ2v) is 4.06. The van der Waals surface area contributed by atoms with Crippen molar-refractivity contribution in [2.75, 3.05) is 0 Å². The summed E-state index contributed by atoms with van der Waals surface area (Å²) in [5, 5.41) is 9.45. The lowest BCUT2D eigenvalue weighted by Gasteiger charge is -2.12. The smallest absolute Gasteiger partial charge is 0.161 e. The van der Waals surface area contributed by atoms with Gasteiger partial charge in [-0.2, -0.15) is 0 Å². The number of aliphatic hydroxyl groups is 1. The molecule has 0 aromatic rings. The summed E-state index contributed by atoms with van der Waals surface area (Å²) in [5.74, 6) is -0.0374.